The monoisotopic (exact) mass is 830 g/mol. The average Bonchev–Trinajstić information content (AvgIpc) is 3.92. The summed E-state index contributed by atoms with van der Waals surface area (Å²) >= 11 is 0. The minimum absolute atomic E-state index is 0.810. The molecule has 0 spiro atoms. The smallest absolute Gasteiger partial charge is 0.171 e. The Labute approximate surface area is 361 Å². The van der Waals surface area contributed by atoms with Crippen LogP contribution < -0.4 is 31.8 Å². The number of hydrogen-bond donors (Lipinski definition) is 0. The number of aryl methyl sites for hydroxylation is 2. The third kappa shape index (κ3) is 5.44. The van der Waals surface area contributed by atoms with Crippen molar-refractivity contribution in [3.05, 3.63) is 230 Å². The standard InChI is InChI=1S/C58H40O2P2/c59-61(43-15-5-1-6-16-43,44-17-7-2-8-18-44)47-33-27-41(28-34-47)54-49-23-13-14-24-50(49)55(58-52-38-32-40-26-25-39-31-37-51(57(54)58)56(52)53(39)40)42-29-35-48(36-30-42)62(60,45-19-9-3-10-20-45)46-21-11-4-12-22-46/h1-24,27-38H,25-26H2. The molecular formula is C58H40O2P2. The zero-order valence-electron chi connectivity index (χ0n) is 33.9. The summed E-state index contributed by atoms with van der Waals surface area (Å²) in [5.74, 6) is 0. The van der Waals surface area contributed by atoms with Crippen molar-refractivity contribution in [3.63, 3.8) is 0 Å². The van der Waals surface area contributed by atoms with Crippen molar-refractivity contribution in [2.45, 2.75) is 12.8 Å². The first-order chi connectivity index (χ1) is 30.5. The van der Waals surface area contributed by atoms with E-state index in [-0.39, 0.29) is 0 Å². The third-order valence-electron chi connectivity index (χ3n) is 13.3. The van der Waals surface area contributed by atoms with E-state index in [1.165, 1.54) is 55.3 Å². The number of rotatable bonds is 8. The van der Waals surface area contributed by atoms with Gasteiger partial charge in [0.15, 0.2) is 14.3 Å². The molecule has 0 unspecified atom stereocenters. The van der Waals surface area contributed by atoms with Gasteiger partial charge in [-0.1, -0.05) is 218 Å². The molecule has 0 amide bonds. The Kier molecular flexibility index (Phi) is 8.59. The van der Waals surface area contributed by atoms with Crippen molar-refractivity contribution in [2.24, 2.45) is 0 Å². The number of benzene rings is 10. The minimum atomic E-state index is -3.16. The molecule has 0 atom stereocenters. The molecule has 0 radical (unpaired) electrons. The van der Waals surface area contributed by atoms with Gasteiger partial charge in [-0.3, -0.25) is 0 Å². The highest BCUT2D eigenvalue weighted by atomic mass is 31.2. The molecule has 0 heterocycles. The number of hydrogen-bond acceptors (Lipinski definition) is 2. The van der Waals surface area contributed by atoms with Crippen LogP contribution in [-0.2, 0) is 22.0 Å². The van der Waals surface area contributed by atoms with E-state index >= 15 is 9.13 Å². The second-order valence-corrected chi connectivity index (χ2v) is 22.0. The molecule has 0 aliphatic heterocycles. The zero-order valence-corrected chi connectivity index (χ0v) is 35.7. The fraction of sp³-hybridized carbons (Fsp3) is 0.0345. The summed E-state index contributed by atoms with van der Waals surface area (Å²) in [5.41, 5.74) is 12.4. The molecule has 10 aromatic rings. The summed E-state index contributed by atoms with van der Waals surface area (Å²) in [6.07, 6.45) is 2.12. The molecule has 10 aromatic carbocycles. The predicted octanol–water partition coefficient (Wildman–Crippen LogP) is 12.4. The second-order valence-electron chi connectivity index (χ2n) is 16.5. The largest absolute Gasteiger partial charge is 0.309 e. The Morgan fingerprint density at radius 2 is 0.581 bits per heavy atom. The normalized spacial score (nSPS) is 12.8. The van der Waals surface area contributed by atoms with Gasteiger partial charge in [0.2, 0.25) is 0 Å². The van der Waals surface area contributed by atoms with Crippen LogP contribution in [0.3, 0.4) is 0 Å². The molecule has 0 fully saturated rings. The zero-order chi connectivity index (χ0) is 41.4. The lowest BCUT2D eigenvalue weighted by atomic mass is 9.82. The van der Waals surface area contributed by atoms with E-state index in [0.29, 0.717) is 0 Å². The Bertz CT molecular complexity index is 3160. The Morgan fingerprint density at radius 1 is 0.274 bits per heavy atom. The summed E-state index contributed by atoms with van der Waals surface area (Å²) in [6.45, 7) is 0. The van der Waals surface area contributed by atoms with Crippen molar-refractivity contribution in [1.82, 2.24) is 0 Å². The first-order valence-corrected chi connectivity index (χ1v) is 24.8. The molecule has 0 aromatic heterocycles. The van der Waals surface area contributed by atoms with Crippen LogP contribution in [0.25, 0.3) is 66.1 Å². The third-order valence-corrected chi connectivity index (χ3v) is 19.4. The van der Waals surface area contributed by atoms with Gasteiger partial charge in [0.1, 0.15) is 0 Å². The second kappa shape index (κ2) is 14.4. The summed E-state index contributed by atoms with van der Waals surface area (Å²) in [5, 5.41) is 9.98. The van der Waals surface area contributed by atoms with E-state index in [1.54, 1.807) is 0 Å². The van der Waals surface area contributed by atoms with E-state index in [4.69, 9.17) is 0 Å². The van der Waals surface area contributed by atoms with Crippen LogP contribution in [0, 0.1) is 0 Å². The van der Waals surface area contributed by atoms with Crippen molar-refractivity contribution in [2.75, 3.05) is 0 Å². The maximum Gasteiger partial charge on any atom is 0.171 e. The molecule has 0 bridgehead atoms. The Balaban J connectivity index is 1.09. The van der Waals surface area contributed by atoms with Gasteiger partial charge in [0.05, 0.1) is 0 Å². The lowest BCUT2D eigenvalue weighted by molar-refractivity contribution is 0.591. The molecule has 2 nitrogen and oxygen atoms in total. The number of fused-ring (bicyclic) bond motifs is 4. The van der Waals surface area contributed by atoms with E-state index in [1.807, 2.05) is 121 Å². The summed E-state index contributed by atoms with van der Waals surface area (Å²) in [7, 11) is -6.33. The Morgan fingerprint density at radius 3 is 0.919 bits per heavy atom. The lowest BCUT2D eigenvalue weighted by Crippen LogP contribution is -2.24. The Hall–Kier alpha value is -6.82. The summed E-state index contributed by atoms with van der Waals surface area (Å²) in [4.78, 5) is 0. The van der Waals surface area contributed by atoms with Gasteiger partial charge in [0, 0.05) is 31.8 Å². The van der Waals surface area contributed by atoms with Gasteiger partial charge in [-0.2, -0.15) is 0 Å². The van der Waals surface area contributed by atoms with Crippen molar-refractivity contribution in [3.8, 4) is 44.5 Å². The summed E-state index contributed by atoms with van der Waals surface area (Å²) < 4.78 is 30.9. The van der Waals surface area contributed by atoms with Crippen LogP contribution >= 0.6 is 14.3 Å². The fourth-order valence-corrected chi connectivity index (χ4v) is 15.7. The highest BCUT2D eigenvalue weighted by Crippen LogP contribution is 2.59. The van der Waals surface area contributed by atoms with Crippen molar-refractivity contribution >= 4 is 67.7 Å². The molecule has 0 saturated carbocycles. The van der Waals surface area contributed by atoms with Gasteiger partial charge in [-0.25, -0.2) is 0 Å². The van der Waals surface area contributed by atoms with Gasteiger partial charge in [-0.05, 0) is 90.0 Å². The van der Waals surface area contributed by atoms with E-state index in [9.17, 15) is 0 Å². The van der Waals surface area contributed by atoms with Gasteiger partial charge in [-0.15, -0.1) is 0 Å². The average molecular weight is 831 g/mol. The molecule has 294 valence electrons. The van der Waals surface area contributed by atoms with Gasteiger partial charge in [0.25, 0.3) is 0 Å². The van der Waals surface area contributed by atoms with E-state index in [0.717, 1.165) is 66.6 Å². The molecule has 12 rings (SSSR count). The molecule has 0 N–H and O–H groups in total. The minimum Gasteiger partial charge on any atom is -0.309 e. The lowest BCUT2D eigenvalue weighted by Gasteiger charge is -2.23. The quantitative estimate of drug-likeness (QED) is 0.143. The maximum atomic E-state index is 15.4. The molecule has 62 heavy (non-hydrogen) atoms. The molecule has 0 saturated heterocycles. The molecule has 2 aliphatic carbocycles. The first kappa shape index (κ1) is 37.0. The van der Waals surface area contributed by atoms with Gasteiger partial charge < -0.3 is 9.13 Å². The van der Waals surface area contributed by atoms with Crippen LogP contribution in [0.5, 0.6) is 0 Å². The van der Waals surface area contributed by atoms with E-state index < -0.39 is 14.3 Å². The van der Waals surface area contributed by atoms with Crippen LogP contribution in [0.1, 0.15) is 11.1 Å². The fourth-order valence-electron chi connectivity index (χ4n) is 10.4. The van der Waals surface area contributed by atoms with Crippen molar-refractivity contribution in [1.29, 1.82) is 0 Å². The summed E-state index contributed by atoms with van der Waals surface area (Å²) in [6, 6.07) is 74.9. The SMILES string of the molecule is O=P(c1ccccc1)(c1ccccc1)c1ccc(-c2c3c(c(-c4ccc(P(=O)(c5ccccc5)c5ccccc5)cc4)c4ccccc24)-c2ccc4c5c(ccc-3c25)CC4)cc1. The molecule has 4 heteroatoms. The molecular weight excluding hydrogens is 791 g/mol. The van der Waals surface area contributed by atoms with Gasteiger partial charge >= 0.3 is 0 Å². The first-order valence-electron chi connectivity index (χ1n) is 21.3. The topological polar surface area (TPSA) is 34.1 Å². The maximum absolute atomic E-state index is 15.4. The highest BCUT2D eigenvalue weighted by molar-refractivity contribution is 7.85. The van der Waals surface area contributed by atoms with Crippen LogP contribution in [-0.4, -0.2) is 0 Å². The highest BCUT2D eigenvalue weighted by Gasteiger charge is 2.35. The van der Waals surface area contributed by atoms with Crippen LogP contribution in [0.15, 0.2) is 218 Å². The van der Waals surface area contributed by atoms with Crippen molar-refractivity contribution < 1.29 is 9.13 Å². The van der Waals surface area contributed by atoms with Crippen LogP contribution in [0.2, 0.25) is 0 Å². The van der Waals surface area contributed by atoms with Crippen LogP contribution in [0.4, 0.5) is 0 Å². The van der Waals surface area contributed by atoms with E-state index in [2.05, 4.69) is 97.1 Å². The predicted molar refractivity (Wildman–Crippen MR) is 263 cm³/mol. The molecule has 2 aliphatic rings.